The summed E-state index contributed by atoms with van der Waals surface area (Å²) in [6, 6.07) is 2.43. The predicted molar refractivity (Wildman–Crippen MR) is 68.6 cm³/mol. The molecule has 1 aromatic carbocycles. The van der Waals surface area contributed by atoms with Crippen LogP contribution in [-0.2, 0) is 9.84 Å². The molecule has 0 saturated heterocycles. The van der Waals surface area contributed by atoms with Gasteiger partial charge in [0.2, 0.25) is 0 Å². The molecule has 0 aliphatic carbocycles. The maximum absolute atomic E-state index is 13.1. The Bertz CT molecular complexity index is 505. The molecule has 0 unspecified atom stereocenters. The summed E-state index contributed by atoms with van der Waals surface area (Å²) in [5, 5.41) is 2.71. The van der Waals surface area contributed by atoms with Crippen molar-refractivity contribution in [3.05, 3.63) is 23.0 Å². The topological polar surface area (TPSA) is 72.2 Å². The lowest BCUT2D eigenvalue weighted by atomic mass is 10.2. The van der Waals surface area contributed by atoms with E-state index < -0.39 is 15.7 Å². The average molecular weight is 281 g/mol. The minimum absolute atomic E-state index is 0.0206. The van der Waals surface area contributed by atoms with Gasteiger partial charge in [-0.3, -0.25) is 0 Å². The highest BCUT2D eigenvalue weighted by atomic mass is 35.5. The van der Waals surface area contributed by atoms with Crippen LogP contribution in [0, 0.1) is 5.82 Å². The number of sulfone groups is 1. The zero-order valence-electron chi connectivity index (χ0n) is 9.33. The molecule has 0 fully saturated rings. The molecule has 4 nitrogen and oxygen atoms in total. The quantitative estimate of drug-likeness (QED) is 0.808. The van der Waals surface area contributed by atoms with Gasteiger partial charge in [-0.1, -0.05) is 18.5 Å². The van der Waals surface area contributed by atoms with Gasteiger partial charge in [0.15, 0.2) is 9.84 Å². The molecule has 17 heavy (non-hydrogen) atoms. The van der Waals surface area contributed by atoms with Crippen LogP contribution in [0.2, 0.25) is 5.02 Å². The zero-order valence-corrected chi connectivity index (χ0v) is 10.9. The summed E-state index contributed by atoms with van der Waals surface area (Å²) in [7, 11) is -3.04. The number of nitrogen functional groups attached to an aromatic ring is 1. The van der Waals surface area contributed by atoms with Gasteiger partial charge in [0.1, 0.15) is 5.82 Å². The molecule has 0 amide bonds. The van der Waals surface area contributed by atoms with Gasteiger partial charge in [-0.2, -0.15) is 0 Å². The predicted octanol–water partition coefficient (Wildman–Crippen LogP) is 1.91. The summed E-state index contributed by atoms with van der Waals surface area (Å²) in [4.78, 5) is 0. The standard InChI is InChI=1S/C10H14ClFN2O2S/c1-2-17(15,16)4-3-14-10-6-8(12)7(11)5-9(10)13/h5-6,14H,2-4,13H2,1H3. The molecular formula is C10H14ClFN2O2S. The highest BCUT2D eigenvalue weighted by molar-refractivity contribution is 7.91. The van der Waals surface area contributed by atoms with Crippen molar-refractivity contribution in [3.63, 3.8) is 0 Å². The van der Waals surface area contributed by atoms with Gasteiger partial charge in [-0.15, -0.1) is 0 Å². The molecule has 0 spiro atoms. The van der Waals surface area contributed by atoms with Gasteiger partial charge in [0, 0.05) is 18.4 Å². The second kappa shape index (κ2) is 5.55. The van der Waals surface area contributed by atoms with E-state index in [1.165, 1.54) is 6.07 Å². The van der Waals surface area contributed by atoms with Crippen molar-refractivity contribution in [2.75, 3.05) is 29.1 Å². The minimum Gasteiger partial charge on any atom is -0.397 e. The van der Waals surface area contributed by atoms with Crippen LogP contribution in [-0.4, -0.2) is 26.5 Å². The Kier molecular flexibility index (Phi) is 4.59. The number of hydrogen-bond donors (Lipinski definition) is 2. The van der Waals surface area contributed by atoms with E-state index in [1.807, 2.05) is 0 Å². The van der Waals surface area contributed by atoms with Crippen LogP contribution in [0.3, 0.4) is 0 Å². The number of halogens is 2. The molecule has 1 rings (SSSR count). The lowest BCUT2D eigenvalue weighted by molar-refractivity contribution is 0.597. The number of benzene rings is 1. The number of anilines is 2. The molecular weight excluding hydrogens is 267 g/mol. The highest BCUT2D eigenvalue weighted by Crippen LogP contribution is 2.25. The zero-order chi connectivity index (χ0) is 13.1. The van der Waals surface area contributed by atoms with E-state index in [0.717, 1.165) is 6.07 Å². The summed E-state index contributed by atoms with van der Waals surface area (Å²) in [6.07, 6.45) is 0. The third-order valence-electron chi connectivity index (χ3n) is 2.26. The average Bonchev–Trinajstić information content (AvgIpc) is 2.25. The van der Waals surface area contributed by atoms with E-state index in [-0.39, 0.29) is 28.8 Å². The van der Waals surface area contributed by atoms with E-state index in [4.69, 9.17) is 17.3 Å². The fourth-order valence-corrected chi connectivity index (χ4v) is 2.07. The van der Waals surface area contributed by atoms with Crippen LogP contribution >= 0.6 is 11.6 Å². The van der Waals surface area contributed by atoms with Crippen molar-refractivity contribution in [2.24, 2.45) is 0 Å². The fourth-order valence-electron chi connectivity index (χ4n) is 1.20. The largest absolute Gasteiger partial charge is 0.397 e. The van der Waals surface area contributed by atoms with Gasteiger partial charge < -0.3 is 11.1 Å². The molecule has 3 N–H and O–H groups in total. The van der Waals surface area contributed by atoms with E-state index in [9.17, 15) is 12.8 Å². The normalized spacial score (nSPS) is 11.5. The molecule has 0 aromatic heterocycles. The molecule has 0 radical (unpaired) electrons. The van der Waals surface area contributed by atoms with Crippen LogP contribution in [0.4, 0.5) is 15.8 Å². The minimum atomic E-state index is -3.04. The van der Waals surface area contributed by atoms with Gasteiger partial charge in [0.05, 0.1) is 22.2 Å². The first-order valence-electron chi connectivity index (χ1n) is 5.04. The summed E-state index contributed by atoms with van der Waals surface area (Å²) >= 11 is 5.54. The summed E-state index contributed by atoms with van der Waals surface area (Å²) in [5.41, 5.74) is 6.24. The van der Waals surface area contributed by atoms with E-state index >= 15 is 0 Å². The molecule has 0 heterocycles. The Labute approximate surface area is 105 Å². The lowest BCUT2D eigenvalue weighted by Gasteiger charge is -2.10. The lowest BCUT2D eigenvalue weighted by Crippen LogP contribution is -2.17. The van der Waals surface area contributed by atoms with Crippen LogP contribution < -0.4 is 11.1 Å². The first kappa shape index (κ1) is 14.1. The van der Waals surface area contributed by atoms with Gasteiger partial charge in [-0.05, 0) is 6.07 Å². The molecule has 1 aromatic rings. The van der Waals surface area contributed by atoms with Crippen LogP contribution in [0.25, 0.3) is 0 Å². The summed E-state index contributed by atoms with van der Waals surface area (Å²) in [5.74, 6) is -0.534. The molecule has 0 saturated carbocycles. The Hall–Kier alpha value is -1.01. The number of nitrogens with two attached hydrogens (primary N) is 1. The smallest absolute Gasteiger partial charge is 0.151 e. The Balaban J connectivity index is 2.68. The maximum atomic E-state index is 13.1. The van der Waals surface area contributed by atoms with Crippen molar-refractivity contribution >= 4 is 32.8 Å². The molecule has 96 valence electrons. The number of rotatable bonds is 5. The van der Waals surface area contributed by atoms with Crippen molar-refractivity contribution in [1.29, 1.82) is 0 Å². The Morgan fingerprint density at radius 2 is 2.12 bits per heavy atom. The molecule has 0 aliphatic rings. The van der Waals surface area contributed by atoms with E-state index in [1.54, 1.807) is 6.92 Å². The van der Waals surface area contributed by atoms with Gasteiger partial charge in [-0.25, -0.2) is 12.8 Å². The van der Waals surface area contributed by atoms with Crippen molar-refractivity contribution in [3.8, 4) is 0 Å². The third kappa shape index (κ3) is 4.05. The monoisotopic (exact) mass is 280 g/mol. The van der Waals surface area contributed by atoms with Crippen LogP contribution in [0.1, 0.15) is 6.92 Å². The Morgan fingerprint density at radius 3 is 2.71 bits per heavy atom. The number of nitrogens with one attached hydrogen (secondary N) is 1. The van der Waals surface area contributed by atoms with Crippen molar-refractivity contribution < 1.29 is 12.8 Å². The molecule has 7 heteroatoms. The Morgan fingerprint density at radius 1 is 1.47 bits per heavy atom. The second-order valence-corrected chi connectivity index (χ2v) is 6.40. The second-order valence-electron chi connectivity index (χ2n) is 3.52. The SMILES string of the molecule is CCS(=O)(=O)CCNc1cc(F)c(Cl)cc1N. The highest BCUT2D eigenvalue weighted by Gasteiger charge is 2.09. The number of hydrogen-bond acceptors (Lipinski definition) is 4. The maximum Gasteiger partial charge on any atom is 0.151 e. The summed E-state index contributed by atoms with van der Waals surface area (Å²) in [6.45, 7) is 1.76. The van der Waals surface area contributed by atoms with E-state index in [0.29, 0.717) is 5.69 Å². The first-order valence-corrected chi connectivity index (χ1v) is 7.24. The van der Waals surface area contributed by atoms with Crippen LogP contribution in [0.15, 0.2) is 12.1 Å². The van der Waals surface area contributed by atoms with Crippen LogP contribution in [0.5, 0.6) is 0 Å². The van der Waals surface area contributed by atoms with Crippen molar-refractivity contribution in [1.82, 2.24) is 0 Å². The van der Waals surface area contributed by atoms with Gasteiger partial charge in [0.25, 0.3) is 0 Å². The molecule has 0 aliphatic heterocycles. The molecule has 0 atom stereocenters. The fraction of sp³-hybridized carbons (Fsp3) is 0.400. The molecule has 0 bridgehead atoms. The third-order valence-corrected chi connectivity index (χ3v) is 4.26. The van der Waals surface area contributed by atoms with Gasteiger partial charge >= 0.3 is 0 Å². The van der Waals surface area contributed by atoms with Crippen molar-refractivity contribution in [2.45, 2.75) is 6.92 Å². The van der Waals surface area contributed by atoms with E-state index in [2.05, 4.69) is 5.32 Å². The first-order chi connectivity index (χ1) is 7.85. The summed E-state index contributed by atoms with van der Waals surface area (Å²) < 4.78 is 35.6.